The third-order valence-electron chi connectivity index (χ3n) is 6.65. The van der Waals surface area contributed by atoms with Gasteiger partial charge in [-0.05, 0) is 32.1 Å². The fourth-order valence-corrected chi connectivity index (χ4v) is 4.14. The highest BCUT2D eigenvalue weighted by atomic mass is 16.5. The molecule has 44 heavy (non-hydrogen) atoms. The number of Topliss-reactive ketones (excluding diaryl/α,β-unsaturated/α-hetero) is 1. The number of rotatable bonds is 18. The fraction of sp³-hybridized carbons (Fsp3) is 0.567. The van der Waals surface area contributed by atoms with Crippen molar-refractivity contribution in [3.05, 3.63) is 37.0 Å². The average Bonchev–Trinajstić information content (AvgIpc) is 2.96. The lowest BCUT2D eigenvalue weighted by atomic mass is 9.77. The minimum Gasteiger partial charge on any atom is -0.480 e. The Bertz CT molecular complexity index is 1150. The summed E-state index contributed by atoms with van der Waals surface area (Å²) in [6.07, 6.45) is 8.32. The number of amides is 5. The van der Waals surface area contributed by atoms with Gasteiger partial charge in [-0.2, -0.15) is 0 Å². The van der Waals surface area contributed by atoms with E-state index in [9.17, 15) is 38.7 Å². The van der Waals surface area contributed by atoms with E-state index in [-0.39, 0.29) is 25.4 Å². The van der Waals surface area contributed by atoms with Crippen LogP contribution in [0.2, 0.25) is 0 Å². The van der Waals surface area contributed by atoms with Crippen LogP contribution in [0, 0.1) is 11.3 Å². The van der Waals surface area contributed by atoms with E-state index in [1.54, 1.807) is 38.2 Å². The van der Waals surface area contributed by atoms with Crippen molar-refractivity contribution in [3.8, 4) is 0 Å². The van der Waals surface area contributed by atoms with Gasteiger partial charge in [-0.3, -0.25) is 24.0 Å². The zero-order valence-electron chi connectivity index (χ0n) is 25.9. The molecule has 5 atom stereocenters. The molecule has 0 aromatic rings. The summed E-state index contributed by atoms with van der Waals surface area (Å²) in [5.41, 5.74) is -0.894. The van der Waals surface area contributed by atoms with Crippen molar-refractivity contribution in [3.63, 3.8) is 0 Å². The Balaban J connectivity index is 2.80. The molecule has 0 aromatic carbocycles. The molecule has 0 fully saturated rings. The second-order valence-corrected chi connectivity index (χ2v) is 11.2. The molecule has 0 heterocycles. The summed E-state index contributed by atoms with van der Waals surface area (Å²) in [7, 11) is 0. The van der Waals surface area contributed by atoms with Gasteiger partial charge in [0.2, 0.25) is 23.5 Å². The summed E-state index contributed by atoms with van der Waals surface area (Å²) in [5.74, 6) is -5.62. The van der Waals surface area contributed by atoms with E-state index in [0.29, 0.717) is 12.8 Å². The van der Waals surface area contributed by atoms with Crippen LogP contribution in [0.15, 0.2) is 37.0 Å². The number of ether oxygens (including phenoxy) is 1. The van der Waals surface area contributed by atoms with Gasteiger partial charge in [-0.15, -0.1) is 6.58 Å². The van der Waals surface area contributed by atoms with Crippen LogP contribution in [0.4, 0.5) is 4.79 Å². The van der Waals surface area contributed by atoms with Crippen molar-refractivity contribution in [1.29, 1.82) is 0 Å². The predicted octanol–water partition coefficient (Wildman–Crippen LogP) is 0.880. The molecule has 1 aliphatic carbocycles. The van der Waals surface area contributed by atoms with Crippen LogP contribution < -0.4 is 26.6 Å². The minimum absolute atomic E-state index is 0.0177. The first-order valence-electron chi connectivity index (χ1n) is 14.5. The maximum Gasteiger partial charge on any atom is 0.407 e. The monoisotopic (exact) mass is 619 g/mol. The van der Waals surface area contributed by atoms with Crippen molar-refractivity contribution < 1.29 is 43.4 Å². The number of carbonyl (C=O) groups excluding carboxylic acids is 6. The Labute approximate surface area is 257 Å². The highest BCUT2D eigenvalue weighted by Gasteiger charge is 2.38. The van der Waals surface area contributed by atoms with Gasteiger partial charge in [0.25, 0.3) is 5.91 Å². The molecule has 1 rings (SSSR count). The van der Waals surface area contributed by atoms with Gasteiger partial charge in [0.15, 0.2) is 0 Å². The Hall–Kier alpha value is -4.49. The van der Waals surface area contributed by atoms with E-state index >= 15 is 0 Å². The maximum absolute atomic E-state index is 13.0. The molecule has 2 unspecified atom stereocenters. The summed E-state index contributed by atoms with van der Waals surface area (Å²) in [5, 5.41) is 21.5. The lowest BCUT2D eigenvalue weighted by Gasteiger charge is -2.33. The summed E-state index contributed by atoms with van der Waals surface area (Å²) in [6.45, 7) is 11.6. The Morgan fingerprint density at radius 1 is 0.977 bits per heavy atom. The van der Waals surface area contributed by atoms with Gasteiger partial charge >= 0.3 is 12.1 Å². The van der Waals surface area contributed by atoms with Crippen LogP contribution >= 0.6 is 0 Å². The minimum atomic E-state index is -1.28. The van der Waals surface area contributed by atoms with Crippen LogP contribution in [-0.2, 0) is 33.5 Å². The van der Waals surface area contributed by atoms with Gasteiger partial charge in [0.05, 0.1) is 19.2 Å². The average molecular weight is 620 g/mol. The molecule has 0 radical (unpaired) electrons. The first kappa shape index (κ1) is 37.5. The van der Waals surface area contributed by atoms with Crippen molar-refractivity contribution >= 4 is 41.5 Å². The second-order valence-electron chi connectivity index (χ2n) is 11.2. The number of carbonyl (C=O) groups is 7. The number of allylic oxidation sites excluding steroid dienone is 3. The third-order valence-corrected chi connectivity index (χ3v) is 6.65. The SMILES string of the molecule is C=CC[C@H](NC(=O)[C@H](C)NC(=O)OCC(C)C)C(=O)NC(CCC)C(=O)C(=O)NCC(=O)N[C@H](C(=O)O)C1(C)C=CC=CC1. The summed E-state index contributed by atoms with van der Waals surface area (Å²) in [4.78, 5) is 87.4. The number of hydrogen-bond acceptors (Lipinski definition) is 8. The van der Waals surface area contributed by atoms with Crippen LogP contribution in [-0.4, -0.2) is 83.9 Å². The van der Waals surface area contributed by atoms with Crippen LogP contribution in [0.5, 0.6) is 0 Å². The molecule has 1 aliphatic rings. The molecule has 5 amide bonds. The number of carboxylic acid groups (broad SMARTS) is 1. The van der Waals surface area contributed by atoms with E-state index in [1.807, 2.05) is 13.8 Å². The fourth-order valence-electron chi connectivity index (χ4n) is 4.14. The largest absolute Gasteiger partial charge is 0.480 e. The highest BCUT2D eigenvalue weighted by Crippen LogP contribution is 2.31. The van der Waals surface area contributed by atoms with Gasteiger partial charge in [0, 0.05) is 5.41 Å². The first-order chi connectivity index (χ1) is 20.6. The standard InChI is InChI=1S/C30H45N5O9/c1-7-12-20(33-26(39)21(13-8-2)34-25(38)19(5)32-29(43)44-17-18(3)4)23(37)27(40)31-16-22(36)35-24(28(41)42)30(6)14-10-9-11-15-30/h8-11,14,18-21,24H,2,7,12-13,15-17H2,1,3-6H3,(H,31,40)(H,32,43)(H,33,39)(H,34,38)(H,35,36)(H,41,42)/t19-,20?,21-,24+,30?/m0/s1. The third kappa shape index (κ3) is 12.4. The predicted molar refractivity (Wildman–Crippen MR) is 161 cm³/mol. The van der Waals surface area contributed by atoms with E-state index < -0.39 is 77.6 Å². The zero-order valence-corrected chi connectivity index (χ0v) is 25.9. The van der Waals surface area contributed by atoms with Crippen LogP contribution in [0.1, 0.15) is 60.3 Å². The summed E-state index contributed by atoms with van der Waals surface area (Å²) >= 11 is 0. The van der Waals surface area contributed by atoms with Gasteiger partial charge < -0.3 is 36.4 Å². The number of nitrogens with one attached hydrogen (secondary N) is 5. The quantitative estimate of drug-likeness (QED) is 0.0949. The lowest BCUT2D eigenvalue weighted by molar-refractivity contribution is -0.145. The number of ketones is 1. The number of carboxylic acids is 1. The van der Waals surface area contributed by atoms with Crippen molar-refractivity contribution in [1.82, 2.24) is 26.6 Å². The molecular weight excluding hydrogens is 574 g/mol. The van der Waals surface area contributed by atoms with Crippen LogP contribution in [0.3, 0.4) is 0 Å². The second kappa shape index (κ2) is 18.2. The zero-order chi connectivity index (χ0) is 33.4. The van der Waals surface area contributed by atoms with Crippen molar-refractivity contribution in [2.45, 2.75) is 84.5 Å². The number of alkyl carbamates (subject to hydrolysis) is 1. The van der Waals surface area contributed by atoms with E-state index in [1.165, 1.54) is 13.0 Å². The van der Waals surface area contributed by atoms with Crippen molar-refractivity contribution in [2.24, 2.45) is 11.3 Å². The maximum atomic E-state index is 13.0. The number of hydrogen-bond donors (Lipinski definition) is 6. The molecule has 0 spiro atoms. The summed E-state index contributed by atoms with van der Waals surface area (Å²) in [6, 6.07) is -4.77. The molecule has 14 nitrogen and oxygen atoms in total. The van der Waals surface area contributed by atoms with E-state index in [2.05, 4.69) is 33.2 Å². The molecule has 0 aromatic heterocycles. The highest BCUT2D eigenvalue weighted by molar-refractivity contribution is 6.38. The van der Waals surface area contributed by atoms with Gasteiger partial charge in [-0.25, -0.2) is 9.59 Å². The Morgan fingerprint density at radius 2 is 1.64 bits per heavy atom. The molecule has 14 heteroatoms. The molecule has 0 bridgehead atoms. The smallest absolute Gasteiger partial charge is 0.407 e. The first-order valence-corrected chi connectivity index (χ1v) is 14.5. The molecule has 0 aliphatic heterocycles. The Morgan fingerprint density at radius 3 is 2.18 bits per heavy atom. The van der Waals surface area contributed by atoms with Gasteiger partial charge in [-0.1, -0.05) is 64.5 Å². The molecular formula is C30H45N5O9. The van der Waals surface area contributed by atoms with Crippen LogP contribution in [0.25, 0.3) is 0 Å². The van der Waals surface area contributed by atoms with Crippen molar-refractivity contribution in [2.75, 3.05) is 13.2 Å². The van der Waals surface area contributed by atoms with E-state index in [4.69, 9.17) is 4.74 Å². The molecule has 0 saturated carbocycles. The number of aliphatic carboxylic acids is 1. The topological polar surface area (TPSA) is 209 Å². The lowest BCUT2D eigenvalue weighted by Crippen LogP contribution is -2.56. The molecule has 0 saturated heterocycles. The Kier molecular flexibility index (Phi) is 15.6. The van der Waals surface area contributed by atoms with E-state index in [0.717, 1.165) is 0 Å². The normalized spacial score (nSPS) is 18.1. The molecule has 6 N–H and O–H groups in total. The van der Waals surface area contributed by atoms with Gasteiger partial charge in [0.1, 0.15) is 18.1 Å². The molecule has 244 valence electrons. The summed E-state index contributed by atoms with van der Waals surface area (Å²) < 4.78 is 4.99.